The van der Waals surface area contributed by atoms with Crippen molar-refractivity contribution in [2.24, 2.45) is 0 Å². The Morgan fingerprint density at radius 3 is 2.62 bits per heavy atom. The summed E-state index contributed by atoms with van der Waals surface area (Å²) < 4.78 is 0. The van der Waals surface area contributed by atoms with Crippen molar-refractivity contribution in [2.45, 2.75) is 13.0 Å². The first-order chi connectivity index (χ1) is 3.72. The molecule has 1 atom stereocenters. The summed E-state index contributed by atoms with van der Waals surface area (Å²) in [6.45, 7) is 2.56. The molecular weight excluding hydrogens is 104 g/mol. The van der Waals surface area contributed by atoms with Crippen LogP contribution in [0.15, 0.2) is 0 Å². The molecule has 1 N–H and O–H groups in total. The van der Waals surface area contributed by atoms with Gasteiger partial charge in [0.05, 0.1) is 12.7 Å². The highest BCUT2D eigenvalue weighted by molar-refractivity contribution is 5.82. The van der Waals surface area contributed by atoms with Crippen LogP contribution < -0.4 is 5.32 Å². The van der Waals surface area contributed by atoms with Crippen LogP contribution in [0.2, 0.25) is 0 Å². The highest BCUT2D eigenvalue weighted by atomic mass is 16.2. The second kappa shape index (κ2) is 1.74. The summed E-state index contributed by atoms with van der Waals surface area (Å²) in [6.07, 6.45) is 0. The van der Waals surface area contributed by atoms with E-state index in [-0.39, 0.29) is 11.9 Å². The third kappa shape index (κ3) is 0.690. The Hall–Kier alpha value is -0.570. The van der Waals surface area contributed by atoms with Gasteiger partial charge < -0.3 is 4.90 Å². The van der Waals surface area contributed by atoms with Crippen LogP contribution in [0.25, 0.3) is 0 Å². The summed E-state index contributed by atoms with van der Waals surface area (Å²) in [5.74, 6) is 0.185. The summed E-state index contributed by atoms with van der Waals surface area (Å²) in [7, 11) is 1.79. The molecule has 1 aliphatic heterocycles. The predicted molar refractivity (Wildman–Crippen MR) is 30.2 cm³/mol. The number of hydrogen-bond donors (Lipinski definition) is 1. The zero-order valence-electron chi connectivity index (χ0n) is 5.14. The van der Waals surface area contributed by atoms with Crippen LogP contribution in [-0.2, 0) is 4.79 Å². The minimum atomic E-state index is 0.0278. The third-order valence-corrected chi connectivity index (χ3v) is 1.38. The van der Waals surface area contributed by atoms with Crippen molar-refractivity contribution in [2.75, 3.05) is 13.7 Å². The largest absolute Gasteiger partial charge is 0.332 e. The zero-order chi connectivity index (χ0) is 6.15. The Morgan fingerprint density at radius 2 is 2.50 bits per heavy atom. The van der Waals surface area contributed by atoms with E-state index in [1.165, 1.54) is 0 Å². The number of hydrogen-bond acceptors (Lipinski definition) is 2. The van der Waals surface area contributed by atoms with Gasteiger partial charge in [0.25, 0.3) is 0 Å². The lowest BCUT2D eigenvalue weighted by Gasteiger charge is -2.03. The molecule has 1 aliphatic rings. The molecule has 0 aromatic heterocycles. The van der Waals surface area contributed by atoms with E-state index in [4.69, 9.17) is 0 Å². The van der Waals surface area contributed by atoms with Crippen LogP contribution >= 0.6 is 0 Å². The number of carbonyl (C=O) groups excluding carboxylic acids is 1. The number of amides is 1. The molecule has 1 saturated heterocycles. The van der Waals surface area contributed by atoms with Crippen molar-refractivity contribution in [3.63, 3.8) is 0 Å². The maximum atomic E-state index is 10.8. The molecule has 1 unspecified atom stereocenters. The van der Waals surface area contributed by atoms with Gasteiger partial charge in [0.15, 0.2) is 0 Å². The van der Waals surface area contributed by atoms with Gasteiger partial charge in [0, 0.05) is 7.05 Å². The fourth-order valence-corrected chi connectivity index (χ4v) is 0.770. The minimum Gasteiger partial charge on any atom is -0.332 e. The normalized spacial score (nSPS) is 29.5. The first kappa shape index (κ1) is 5.56. The molecule has 1 fully saturated rings. The van der Waals surface area contributed by atoms with Gasteiger partial charge in [0.1, 0.15) is 0 Å². The van der Waals surface area contributed by atoms with E-state index in [2.05, 4.69) is 5.32 Å². The number of carbonyl (C=O) groups is 1. The second-order valence-electron chi connectivity index (χ2n) is 2.12. The molecule has 0 aromatic rings. The summed E-state index contributed by atoms with van der Waals surface area (Å²) in [5, 5.41) is 3.00. The van der Waals surface area contributed by atoms with Crippen molar-refractivity contribution in [1.29, 1.82) is 0 Å². The molecule has 46 valence electrons. The molecule has 3 nitrogen and oxygen atoms in total. The average Bonchev–Trinajstić information content (AvgIpc) is 1.98. The molecule has 3 heteroatoms. The Labute approximate surface area is 48.7 Å². The minimum absolute atomic E-state index is 0.0278. The number of likely N-dealkylation sites (N-methyl/N-ethyl adjacent to an activating group) is 1. The molecular formula is C5H10N2O. The van der Waals surface area contributed by atoms with Crippen molar-refractivity contribution in [1.82, 2.24) is 10.2 Å². The molecule has 0 spiro atoms. The van der Waals surface area contributed by atoms with E-state index >= 15 is 0 Å². The highest BCUT2D eigenvalue weighted by Crippen LogP contribution is 1.96. The van der Waals surface area contributed by atoms with Gasteiger partial charge in [0.2, 0.25) is 5.91 Å². The van der Waals surface area contributed by atoms with Gasteiger partial charge in [-0.25, -0.2) is 0 Å². The predicted octanol–water partition coefficient (Wildman–Crippen LogP) is -0.606. The number of nitrogens with one attached hydrogen (secondary N) is 1. The first-order valence-electron chi connectivity index (χ1n) is 2.70. The van der Waals surface area contributed by atoms with Gasteiger partial charge >= 0.3 is 0 Å². The van der Waals surface area contributed by atoms with E-state index < -0.39 is 0 Å². The maximum absolute atomic E-state index is 10.8. The standard InChI is InChI=1S/C5H10N2O/c1-4-5(8)7(2)3-6-4/h4,6H,3H2,1-2H3. The molecule has 0 bridgehead atoms. The molecule has 0 radical (unpaired) electrons. The molecule has 1 heterocycles. The lowest BCUT2D eigenvalue weighted by atomic mass is 10.3. The van der Waals surface area contributed by atoms with Crippen molar-refractivity contribution < 1.29 is 4.79 Å². The fraction of sp³-hybridized carbons (Fsp3) is 0.800. The quantitative estimate of drug-likeness (QED) is 0.456. The third-order valence-electron chi connectivity index (χ3n) is 1.38. The average molecular weight is 114 g/mol. The van der Waals surface area contributed by atoms with Gasteiger partial charge in [-0.05, 0) is 6.92 Å². The molecule has 1 rings (SSSR count). The first-order valence-corrected chi connectivity index (χ1v) is 2.70. The van der Waals surface area contributed by atoms with Crippen molar-refractivity contribution in [3.8, 4) is 0 Å². The Morgan fingerprint density at radius 1 is 1.88 bits per heavy atom. The number of nitrogens with zero attached hydrogens (tertiary/aromatic N) is 1. The molecule has 0 aliphatic carbocycles. The topological polar surface area (TPSA) is 32.3 Å². The summed E-state index contributed by atoms with van der Waals surface area (Å²) in [5.41, 5.74) is 0. The summed E-state index contributed by atoms with van der Waals surface area (Å²) in [6, 6.07) is 0.0278. The Kier molecular flexibility index (Phi) is 1.21. The van der Waals surface area contributed by atoms with E-state index in [9.17, 15) is 4.79 Å². The molecule has 8 heavy (non-hydrogen) atoms. The van der Waals surface area contributed by atoms with E-state index in [1.807, 2.05) is 6.92 Å². The lowest BCUT2D eigenvalue weighted by Crippen LogP contribution is -2.24. The van der Waals surface area contributed by atoms with Crippen LogP contribution in [0.4, 0.5) is 0 Å². The molecule has 0 aromatic carbocycles. The zero-order valence-corrected chi connectivity index (χ0v) is 5.14. The van der Waals surface area contributed by atoms with Crippen LogP contribution in [0.3, 0.4) is 0 Å². The van der Waals surface area contributed by atoms with Crippen LogP contribution in [-0.4, -0.2) is 30.6 Å². The SMILES string of the molecule is CC1NCN(C)C1=O. The van der Waals surface area contributed by atoms with Crippen LogP contribution in [0.5, 0.6) is 0 Å². The second-order valence-corrected chi connectivity index (χ2v) is 2.12. The van der Waals surface area contributed by atoms with Crippen LogP contribution in [0.1, 0.15) is 6.92 Å². The lowest BCUT2D eigenvalue weighted by molar-refractivity contribution is -0.127. The summed E-state index contributed by atoms with van der Waals surface area (Å²) in [4.78, 5) is 12.4. The maximum Gasteiger partial charge on any atom is 0.240 e. The van der Waals surface area contributed by atoms with Crippen molar-refractivity contribution >= 4 is 5.91 Å². The van der Waals surface area contributed by atoms with E-state index in [0.29, 0.717) is 6.67 Å². The van der Waals surface area contributed by atoms with E-state index in [0.717, 1.165) is 0 Å². The van der Waals surface area contributed by atoms with Gasteiger partial charge in [-0.1, -0.05) is 0 Å². The fourth-order valence-electron chi connectivity index (χ4n) is 0.770. The van der Waals surface area contributed by atoms with E-state index in [1.54, 1.807) is 11.9 Å². The highest BCUT2D eigenvalue weighted by Gasteiger charge is 2.22. The smallest absolute Gasteiger partial charge is 0.240 e. The Bertz CT molecular complexity index is 101. The molecule has 0 saturated carbocycles. The number of rotatable bonds is 0. The monoisotopic (exact) mass is 114 g/mol. The van der Waals surface area contributed by atoms with Crippen molar-refractivity contribution in [3.05, 3.63) is 0 Å². The van der Waals surface area contributed by atoms with Gasteiger partial charge in [-0.15, -0.1) is 0 Å². The molecule has 1 amide bonds. The van der Waals surface area contributed by atoms with Crippen LogP contribution in [0, 0.1) is 0 Å². The van der Waals surface area contributed by atoms with Gasteiger partial charge in [-0.2, -0.15) is 0 Å². The Balaban J connectivity index is 2.57. The summed E-state index contributed by atoms with van der Waals surface area (Å²) >= 11 is 0. The van der Waals surface area contributed by atoms with Gasteiger partial charge in [-0.3, -0.25) is 10.1 Å².